The fourth-order valence-electron chi connectivity index (χ4n) is 2.12. The molecule has 3 rings (SSSR count). The Morgan fingerprint density at radius 2 is 1.17 bits per heavy atom. The molecule has 2 heterocycles. The molecular formula is C18H17ClN4Pt. The third kappa shape index (κ3) is 4.68. The maximum absolute atomic E-state index is 4.61. The van der Waals surface area contributed by atoms with Crippen LogP contribution in [0.1, 0.15) is 26.3 Å². The first-order valence-electron chi connectivity index (χ1n) is 7.28. The summed E-state index contributed by atoms with van der Waals surface area (Å²) < 4.78 is 0. The van der Waals surface area contributed by atoms with Gasteiger partial charge >= 0.3 is 28.2 Å². The second kappa shape index (κ2) is 8.45. The summed E-state index contributed by atoms with van der Waals surface area (Å²) in [5, 5.41) is 0. The van der Waals surface area contributed by atoms with Gasteiger partial charge in [0.1, 0.15) is 0 Å². The number of aromatic nitrogens is 4. The first-order chi connectivity index (χ1) is 11.5. The molecule has 4 nitrogen and oxygen atoms in total. The van der Waals surface area contributed by atoms with Gasteiger partial charge in [-0.05, 0) is 17.5 Å². The van der Waals surface area contributed by atoms with Gasteiger partial charge in [0.05, 0.1) is 11.6 Å². The van der Waals surface area contributed by atoms with Crippen molar-refractivity contribution in [2.45, 2.75) is 26.2 Å². The molecule has 0 aliphatic rings. The van der Waals surface area contributed by atoms with Crippen molar-refractivity contribution in [2.75, 3.05) is 0 Å². The fourth-order valence-corrected chi connectivity index (χ4v) is 2.12. The summed E-state index contributed by atoms with van der Waals surface area (Å²) in [6.45, 7) is 6.52. The van der Waals surface area contributed by atoms with Crippen LogP contribution in [0.25, 0.3) is 22.8 Å². The van der Waals surface area contributed by atoms with Crippen LogP contribution in [0.2, 0.25) is 0 Å². The van der Waals surface area contributed by atoms with Gasteiger partial charge < -0.3 is 0 Å². The van der Waals surface area contributed by atoms with Gasteiger partial charge in [0.15, 0.2) is 0 Å². The monoisotopic (exact) mass is 519 g/mol. The Morgan fingerprint density at radius 1 is 0.792 bits per heavy atom. The standard InChI is InChI=1S/C18H17N4.ClH.Pt/c1-18(2,3)15-11-13(16-19-6-4-7-20-16)10-14(12-15)17-21-8-5-9-22-17;;/h4-9,11-12H,1-3H3;1H;/q-1;;+2/p-1. The molecule has 0 saturated carbocycles. The summed E-state index contributed by atoms with van der Waals surface area (Å²) in [7, 11) is 4.61. The van der Waals surface area contributed by atoms with E-state index in [1.165, 1.54) is 5.56 Å². The zero-order valence-corrected chi connectivity index (χ0v) is 16.6. The molecule has 1 aromatic carbocycles. The predicted octanol–water partition coefficient (Wildman–Crippen LogP) is 4.39. The van der Waals surface area contributed by atoms with Gasteiger partial charge in [0.2, 0.25) is 0 Å². The predicted molar refractivity (Wildman–Crippen MR) is 91.9 cm³/mol. The van der Waals surface area contributed by atoms with E-state index in [1.54, 1.807) is 55.7 Å². The van der Waals surface area contributed by atoms with E-state index >= 15 is 0 Å². The average molecular weight is 520 g/mol. The summed E-state index contributed by atoms with van der Waals surface area (Å²) >= 11 is 1.61. The van der Waals surface area contributed by atoms with Gasteiger partial charge in [0.25, 0.3) is 0 Å². The molecule has 0 atom stereocenters. The normalized spacial score (nSPS) is 10.8. The van der Waals surface area contributed by atoms with Crippen molar-refractivity contribution < 1.29 is 18.8 Å². The zero-order chi connectivity index (χ0) is 17.6. The molecule has 0 amide bonds. The molecule has 24 heavy (non-hydrogen) atoms. The molecule has 0 bridgehead atoms. The quantitative estimate of drug-likeness (QED) is 0.471. The molecule has 0 N–H and O–H groups in total. The summed E-state index contributed by atoms with van der Waals surface area (Å²) in [6, 6.07) is 11.1. The van der Waals surface area contributed by atoms with E-state index in [0.29, 0.717) is 11.6 Å². The first-order valence-corrected chi connectivity index (χ1v) is 10.1. The minimum atomic E-state index is 0.00214. The minimum absolute atomic E-state index is 0.00214. The van der Waals surface area contributed by atoms with Crippen molar-refractivity contribution in [3.8, 4) is 22.8 Å². The molecule has 0 spiro atoms. The van der Waals surface area contributed by atoms with Gasteiger partial charge in [-0.2, -0.15) is 0 Å². The van der Waals surface area contributed by atoms with E-state index in [0.717, 1.165) is 11.1 Å². The summed E-state index contributed by atoms with van der Waals surface area (Å²) in [5.74, 6) is 1.32. The number of hydrogen-bond donors (Lipinski definition) is 0. The maximum atomic E-state index is 4.61. The SMILES string of the molecule is CC(C)(C)c1cc(-c2ncccn2)[c-]c(-c2ncccn2)c1.[Cl][Pt+]. The van der Waals surface area contributed by atoms with Crippen LogP contribution in [0.5, 0.6) is 0 Å². The number of rotatable bonds is 2. The van der Waals surface area contributed by atoms with Crippen LogP contribution in [-0.4, -0.2) is 19.9 Å². The van der Waals surface area contributed by atoms with Crippen LogP contribution in [0.15, 0.2) is 49.1 Å². The van der Waals surface area contributed by atoms with Gasteiger partial charge in [0, 0.05) is 24.8 Å². The molecule has 0 saturated heterocycles. The van der Waals surface area contributed by atoms with Crippen molar-refractivity contribution in [1.29, 1.82) is 0 Å². The Hall–Kier alpha value is -1.64. The molecule has 0 unspecified atom stereocenters. The third-order valence-electron chi connectivity index (χ3n) is 3.35. The third-order valence-corrected chi connectivity index (χ3v) is 3.35. The topological polar surface area (TPSA) is 51.6 Å². The van der Waals surface area contributed by atoms with Crippen LogP contribution in [0.3, 0.4) is 0 Å². The zero-order valence-electron chi connectivity index (χ0n) is 13.6. The van der Waals surface area contributed by atoms with E-state index in [9.17, 15) is 0 Å². The first kappa shape index (κ1) is 18.7. The Morgan fingerprint density at radius 3 is 1.50 bits per heavy atom. The molecule has 3 aromatic rings. The van der Waals surface area contributed by atoms with Crippen molar-refractivity contribution in [3.63, 3.8) is 0 Å². The molecule has 0 aliphatic carbocycles. The van der Waals surface area contributed by atoms with Gasteiger partial charge in [-0.15, -0.1) is 23.8 Å². The fraction of sp³-hybridized carbons (Fsp3) is 0.222. The second-order valence-electron chi connectivity index (χ2n) is 6.09. The van der Waals surface area contributed by atoms with Gasteiger partial charge in [-0.3, -0.25) is 19.9 Å². The summed E-state index contributed by atoms with van der Waals surface area (Å²) in [6.07, 6.45) is 6.94. The van der Waals surface area contributed by atoms with E-state index in [-0.39, 0.29) is 5.41 Å². The van der Waals surface area contributed by atoms with Gasteiger partial charge in [-0.1, -0.05) is 31.9 Å². The molecule has 126 valence electrons. The van der Waals surface area contributed by atoms with Crippen molar-refractivity contribution >= 4 is 9.42 Å². The van der Waals surface area contributed by atoms with Crippen LogP contribution in [-0.2, 0) is 24.2 Å². The Bertz CT molecular complexity index is 716. The van der Waals surface area contributed by atoms with E-state index in [4.69, 9.17) is 0 Å². The van der Waals surface area contributed by atoms with Crippen LogP contribution < -0.4 is 0 Å². The Kier molecular flexibility index (Phi) is 6.59. The van der Waals surface area contributed by atoms with Gasteiger partial charge in [-0.25, -0.2) is 0 Å². The number of hydrogen-bond acceptors (Lipinski definition) is 4. The molecule has 0 radical (unpaired) electrons. The summed E-state index contributed by atoms with van der Waals surface area (Å²) in [4.78, 5) is 17.3. The number of benzene rings is 1. The van der Waals surface area contributed by atoms with Crippen molar-refractivity contribution in [2.24, 2.45) is 0 Å². The number of halogens is 1. The Balaban J connectivity index is 0.00000100. The van der Waals surface area contributed by atoms with Crippen molar-refractivity contribution in [3.05, 3.63) is 60.7 Å². The van der Waals surface area contributed by atoms with Crippen LogP contribution in [0.4, 0.5) is 0 Å². The van der Waals surface area contributed by atoms with E-state index < -0.39 is 0 Å². The molecule has 0 fully saturated rings. The molecular weight excluding hydrogens is 503 g/mol. The Labute approximate surface area is 157 Å². The molecule has 6 heteroatoms. The summed E-state index contributed by atoms with van der Waals surface area (Å²) in [5.41, 5.74) is 2.89. The second-order valence-corrected chi connectivity index (χ2v) is 6.09. The van der Waals surface area contributed by atoms with Crippen molar-refractivity contribution in [1.82, 2.24) is 19.9 Å². The number of nitrogens with zero attached hydrogens (tertiary/aromatic N) is 4. The van der Waals surface area contributed by atoms with E-state index in [1.807, 2.05) is 0 Å². The molecule has 0 aliphatic heterocycles. The van der Waals surface area contributed by atoms with Crippen LogP contribution >= 0.6 is 9.42 Å². The molecule has 2 aromatic heterocycles. The van der Waals surface area contributed by atoms with Crippen LogP contribution in [0, 0.1) is 6.07 Å². The average Bonchev–Trinajstić information content (AvgIpc) is 2.64. The van der Waals surface area contributed by atoms with E-state index in [2.05, 4.69) is 68.3 Å².